The van der Waals surface area contributed by atoms with E-state index in [9.17, 15) is 0 Å². The van der Waals surface area contributed by atoms with E-state index in [1.807, 2.05) is 25.3 Å². The Labute approximate surface area is 120 Å². The Bertz CT molecular complexity index is 543. The number of aryl methyl sites for hydroxylation is 1. The molecule has 0 amide bonds. The Hall–Kier alpha value is -1.61. The first-order chi connectivity index (χ1) is 9.72. The fourth-order valence-corrected chi connectivity index (χ4v) is 2.79. The normalized spacial score (nSPS) is 17.9. The van der Waals surface area contributed by atoms with Crippen LogP contribution in [0.1, 0.15) is 42.4 Å². The van der Waals surface area contributed by atoms with Gasteiger partial charge in [0, 0.05) is 36.8 Å². The van der Waals surface area contributed by atoms with Crippen molar-refractivity contribution in [2.75, 3.05) is 19.6 Å². The number of hydrogen-bond donors (Lipinski definition) is 0. The van der Waals surface area contributed by atoms with Crippen LogP contribution in [0.3, 0.4) is 0 Å². The second-order valence-electron chi connectivity index (χ2n) is 5.85. The van der Waals surface area contributed by atoms with Crippen molar-refractivity contribution in [2.45, 2.75) is 32.1 Å². The fourth-order valence-electron chi connectivity index (χ4n) is 2.79. The van der Waals surface area contributed by atoms with Gasteiger partial charge in [0.1, 0.15) is 11.5 Å². The first kappa shape index (κ1) is 13.4. The Morgan fingerprint density at radius 3 is 2.80 bits per heavy atom. The summed E-state index contributed by atoms with van der Waals surface area (Å²) in [6.45, 7) is 7.67. The van der Waals surface area contributed by atoms with Gasteiger partial charge in [-0.05, 0) is 44.2 Å². The molecule has 0 aromatic carbocycles. The highest BCUT2D eigenvalue weighted by Gasteiger charge is 2.28. The van der Waals surface area contributed by atoms with Crippen LogP contribution in [-0.2, 0) is 0 Å². The monoisotopic (exact) mass is 270 g/mol. The number of furan rings is 1. The van der Waals surface area contributed by atoms with E-state index >= 15 is 0 Å². The molecule has 1 aliphatic heterocycles. The third kappa shape index (κ3) is 2.93. The van der Waals surface area contributed by atoms with E-state index in [-0.39, 0.29) is 0 Å². The summed E-state index contributed by atoms with van der Waals surface area (Å²) in [5.41, 5.74) is 1.23. The van der Waals surface area contributed by atoms with Gasteiger partial charge in [0.15, 0.2) is 0 Å². The molecule has 3 nitrogen and oxygen atoms in total. The van der Waals surface area contributed by atoms with Gasteiger partial charge in [-0.3, -0.25) is 4.98 Å². The summed E-state index contributed by atoms with van der Waals surface area (Å²) >= 11 is 0. The zero-order valence-electron chi connectivity index (χ0n) is 12.2. The van der Waals surface area contributed by atoms with Crippen LogP contribution in [0.4, 0.5) is 0 Å². The highest BCUT2D eigenvalue weighted by molar-refractivity contribution is 5.14. The van der Waals surface area contributed by atoms with Crippen LogP contribution in [0.2, 0.25) is 0 Å². The van der Waals surface area contributed by atoms with Crippen molar-refractivity contribution < 1.29 is 4.42 Å². The molecule has 2 aromatic heterocycles. The van der Waals surface area contributed by atoms with Crippen LogP contribution in [0.5, 0.6) is 0 Å². The number of pyridine rings is 1. The maximum Gasteiger partial charge on any atom is 0.107 e. The van der Waals surface area contributed by atoms with E-state index in [1.165, 1.54) is 5.69 Å². The second kappa shape index (κ2) is 5.80. The van der Waals surface area contributed by atoms with Crippen molar-refractivity contribution in [2.24, 2.45) is 0 Å². The average Bonchev–Trinajstić information content (AvgIpc) is 2.85. The minimum absolute atomic E-state index is 0.498. The summed E-state index contributed by atoms with van der Waals surface area (Å²) in [5.74, 6) is 3.24. The molecule has 2 aromatic rings. The van der Waals surface area contributed by atoms with Gasteiger partial charge < -0.3 is 9.32 Å². The van der Waals surface area contributed by atoms with Gasteiger partial charge in [0.05, 0.1) is 0 Å². The minimum atomic E-state index is 0.498. The molecule has 0 radical (unpaired) electrons. The van der Waals surface area contributed by atoms with Gasteiger partial charge in [0.25, 0.3) is 0 Å². The number of nitrogens with zero attached hydrogens (tertiary/aromatic N) is 2. The van der Waals surface area contributed by atoms with Crippen molar-refractivity contribution >= 4 is 0 Å². The third-order valence-corrected chi connectivity index (χ3v) is 4.19. The molecule has 1 unspecified atom stereocenters. The second-order valence-corrected chi connectivity index (χ2v) is 5.85. The SMILES string of the molecule is Cc1ccc(C(C)CCN2CC(c3ccccn3)C2)o1. The largest absolute Gasteiger partial charge is 0.466 e. The molecular formula is C17H22N2O. The van der Waals surface area contributed by atoms with Crippen molar-refractivity contribution in [3.8, 4) is 0 Å². The summed E-state index contributed by atoms with van der Waals surface area (Å²) < 4.78 is 5.69. The van der Waals surface area contributed by atoms with Gasteiger partial charge in [-0.25, -0.2) is 0 Å². The summed E-state index contributed by atoms with van der Waals surface area (Å²) in [6, 6.07) is 10.3. The van der Waals surface area contributed by atoms with E-state index in [2.05, 4.69) is 35.0 Å². The number of hydrogen-bond acceptors (Lipinski definition) is 3. The molecule has 0 aliphatic carbocycles. The zero-order valence-corrected chi connectivity index (χ0v) is 12.2. The highest BCUT2D eigenvalue weighted by Crippen LogP contribution is 2.27. The van der Waals surface area contributed by atoms with Crippen LogP contribution in [-0.4, -0.2) is 29.5 Å². The lowest BCUT2D eigenvalue weighted by molar-refractivity contribution is 0.140. The smallest absolute Gasteiger partial charge is 0.107 e. The van der Waals surface area contributed by atoms with Crippen molar-refractivity contribution in [3.63, 3.8) is 0 Å². The summed E-state index contributed by atoms with van der Waals surface area (Å²) in [4.78, 5) is 6.94. The number of rotatable bonds is 5. The van der Waals surface area contributed by atoms with E-state index in [0.29, 0.717) is 11.8 Å². The molecule has 106 valence electrons. The van der Waals surface area contributed by atoms with Gasteiger partial charge in [-0.1, -0.05) is 13.0 Å². The number of aromatic nitrogens is 1. The predicted molar refractivity (Wildman–Crippen MR) is 79.9 cm³/mol. The quantitative estimate of drug-likeness (QED) is 0.831. The lowest BCUT2D eigenvalue weighted by Crippen LogP contribution is -2.45. The molecule has 1 atom stereocenters. The summed E-state index contributed by atoms with van der Waals surface area (Å²) in [5, 5.41) is 0. The molecule has 0 bridgehead atoms. The lowest BCUT2D eigenvalue weighted by Gasteiger charge is -2.39. The molecule has 3 heterocycles. The highest BCUT2D eigenvalue weighted by atomic mass is 16.3. The number of likely N-dealkylation sites (tertiary alicyclic amines) is 1. The predicted octanol–water partition coefficient (Wildman–Crippen LogP) is 3.58. The van der Waals surface area contributed by atoms with Crippen molar-refractivity contribution in [3.05, 3.63) is 53.7 Å². The van der Waals surface area contributed by atoms with Crippen LogP contribution >= 0.6 is 0 Å². The summed E-state index contributed by atoms with van der Waals surface area (Å²) in [7, 11) is 0. The van der Waals surface area contributed by atoms with E-state index in [1.54, 1.807) is 0 Å². The molecule has 0 saturated carbocycles. The average molecular weight is 270 g/mol. The molecule has 1 saturated heterocycles. The van der Waals surface area contributed by atoms with E-state index < -0.39 is 0 Å². The minimum Gasteiger partial charge on any atom is -0.466 e. The lowest BCUT2D eigenvalue weighted by atomic mass is 9.94. The first-order valence-corrected chi connectivity index (χ1v) is 7.42. The molecule has 1 fully saturated rings. The third-order valence-electron chi connectivity index (χ3n) is 4.19. The van der Waals surface area contributed by atoms with Crippen LogP contribution < -0.4 is 0 Å². The molecule has 3 heteroatoms. The summed E-state index contributed by atoms with van der Waals surface area (Å²) in [6.07, 6.45) is 3.04. The zero-order chi connectivity index (χ0) is 13.9. The Morgan fingerprint density at radius 2 is 2.15 bits per heavy atom. The topological polar surface area (TPSA) is 29.3 Å². The Kier molecular flexibility index (Phi) is 3.88. The van der Waals surface area contributed by atoms with Crippen LogP contribution in [0.25, 0.3) is 0 Å². The standard InChI is InChI=1S/C17H22N2O/c1-13(17-7-6-14(2)20-17)8-10-19-11-15(12-19)16-5-3-4-9-18-16/h3-7,9,13,15H,8,10-12H2,1-2H3. The van der Waals surface area contributed by atoms with Crippen molar-refractivity contribution in [1.29, 1.82) is 0 Å². The maximum atomic E-state index is 5.69. The molecule has 1 aliphatic rings. The van der Waals surface area contributed by atoms with Gasteiger partial charge in [0.2, 0.25) is 0 Å². The fraction of sp³-hybridized carbons (Fsp3) is 0.471. The Morgan fingerprint density at radius 1 is 1.30 bits per heavy atom. The van der Waals surface area contributed by atoms with Gasteiger partial charge >= 0.3 is 0 Å². The Balaban J connectivity index is 1.43. The van der Waals surface area contributed by atoms with Crippen LogP contribution in [0, 0.1) is 6.92 Å². The maximum absolute atomic E-state index is 5.69. The van der Waals surface area contributed by atoms with E-state index in [4.69, 9.17) is 4.42 Å². The molecule has 0 spiro atoms. The molecule has 0 N–H and O–H groups in total. The van der Waals surface area contributed by atoms with Crippen LogP contribution in [0.15, 0.2) is 40.9 Å². The van der Waals surface area contributed by atoms with E-state index in [0.717, 1.165) is 37.6 Å². The first-order valence-electron chi connectivity index (χ1n) is 7.42. The molecule has 3 rings (SSSR count). The van der Waals surface area contributed by atoms with Crippen molar-refractivity contribution in [1.82, 2.24) is 9.88 Å². The van der Waals surface area contributed by atoms with Gasteiger partial charge in [-0.2, -0.15) is 0 Å². The van der Waals surface area contributed by atoms with Gasteiger partial charge in [-0.15, -0.1) is 0 Å². The molecular weight excluding hydrogens is 248 g/mol. The molecule has 20 heavy (non-hydrogen) atoms.